The van der Waals surface area contributed by atoms with Gasteiger partial charge < -0.3 is 14.6 Å². The highest BCUT2D eigenvalue weighted by Gasteiger charge is 2.48. The summed E-state index contributed by atoms with van der Waals surface area (Å²) in [6.07, 6.45) is 6.56. The SMILES string of the molecule is CSc1ccc(CN[C@@H]2CC(=O)N(C3CC3)[C@H]2c2ccnn2C)o1. The van der Waals surface area contributed by atoms with Crippen LogP contribution in [-0.4, -0.2) is 38.9 Å². The summed E-state index contributed by atoms with van der Waals surface area (Å²) in [5.41, 5.74) is 1.09. The Kier molecular flexibility index (Phi) is 4.14. The van der Waals surface area contributed by atoms with E-state index in [9.17, 15) is 4.79 Å². The number of nitrogens with zero attached hydrogens (tertiary/aromatic N) is 3. The number of rotatable bonds is 6. The number of thioether (sulfide) groups is 1. The molecule has 3 heterocycles. The Balaban J connectivity index is 1.54. The van der Waals surface area contributed by atoms with Gasteiger partial charge in [0.2, 0.25) is 5.91 Å². The highest BCUT2D eigenvalue weighted by atomic mass is 32.2. The molecule has 2 atom stereocenters. The van der Waals surface area contributed by atoms with E-state index < -0.39 is 0 Å². The van der Waals surface area contributed by atoms with Crippen molar-refractivity contribution < 1.29 is 9.21 Å². The van der Waals surface area contributed by atoms with Gasteiger partial charge in [-0.1, -0.05) is 11.8 Å². The van der Waals surface area contributed by atoms with Crippen molar-refractivity contribution in [1.82, 2.24) is 20.0 Å². The topological polar surface area (TPSA) is 63.3 Å². The number of carbonyl (C=O) groups excluding carboxylic acids is 1. The number of amides is 1. The van der Waals surface area contributed by atoms with Gasteiger partial charge in [-0.25, -0.2) is 0 Å². The predicted octanol–water partition coefficient (Wildman–Crippen LogP) is 2.33. The lowest BCUT2D eigenvalue weighted by molar-refractivity contribution is -0.129. The summed E-state index contributed by atoms with van der Waals surface area (Å²) in [6, 6.07) is 6.52. The number of furan rings is 1. The van der Waals surface area contributed by atoms with Crippen LogP contribution in [0, 0.1) is 0 Å². The first-order chi connectivity index (χ1) is 11.7. The third kappa shape index (κ3) is 2.86. The minimum absolute atomic E-state index is 0.0486. The zero-order chi connectivity index (χ0) is 16.7. The maximum absolute atomic E-state index is 12.6. The van der Waals surface area contributed by atoms with Gasteiger partial charge in [-0.2, -0.15) is 5.10 Å². The number of likely N-dealkylation sites (tertiary alicyclic amines) is 1. The lowest BCUT2D eigenvalue weighted by atomic mass is 10.1. The van der Waals surface area contributed by atoms with Gasteiger partial charge >= 0.3 is 0 Å². The van der Waals surface area contributed by atoms with Crippen molar-refractivity contribution in [3.8, 4) is 0 Å². The largest absolute Gasteiger partial charge is 0.454 e. The van der Waals surface area contributed by atoms with Crippen LogP contribution < -0.4 is 5.32 Å². The Morgan fingerprint density at radius 3 is 2.83 bits per heavy atom. The van der Waals surface area contributed by atoms with Crippen LogP contribution in [0.1, 0.15) is 36.8 Å². The number of hydrogen-bond donors (Lipinski definition) is 1. The summed E-state index contributed by atoms with van der Waals surface area (Å²) in [5.74, 6) is 1.14. The van der Waals surface area contributed by atoms with E-state index >= 15 is 0 Å². The lowest BCUT2D eigenvalue weighted by Crippen LogP contribution is -2.38. The average molecular weight is 346 g/mol. The first-order valence-corrected chi connectivity index (χ1v) is 9.55. The zero-order valence-corrected chi connectivity index (χ0v) is 14.8. The molecule has 0 bridgehead atoms. The highest BCUT2D eigenvalue weighted by Crippen LogP contribution is 2.41. The molecule has 2 fully saturated rings. The summed E-state index contributed by atoms with van der Waals surface area (Å²) in [7, 11) is 1.94. The molecule has 4 rings (SSSR count). The number of nitrogens with one attached hydrogen (secondary N) is 1. The van der Waals surface area contributed by atoms with Crippen molar-refractivity contribution in [3.05, 3.63) is 35.9 Å². The van der Waals surface area contributed by atoms with E-state index in [2.05, 4.69) is 15.3 Å². The molecule has 1 aliphatic heterocycles. The molecule has 0 radical (unpaired) electrons. The molecule has 2 aliphatic rings. The Labute approximate surface area is 145 Å². The molecule has 1 saturated heterocycles. The van der Waals surface area contributed by atoms with E-state index in [0.29, 0.717) is 19.0 Å². The first kappa shape index (κ1) is 15.8. The fraction of sp³-hybridized carbons (Fsp3) is 0.529. The Morgan fingerprint density at radius 2 is 2.21 bits per heavy atom. The molecule has 1 amide bonds. The average Bonchev–Trinajstić information content (AvgIpc) is 3.01. The molecule has 1 saturated carbocycles. The van der Waals surface area contributed by atoms with Crippen LogP contribution in [0.4, 0.5) is 0 Å². The van der Waals surface area contributed by atoms with Gasteiger partial charge in [0.1, 0.15) is 5.76 Å². The van der Waals surface area contributed by atoms with Gasteiger partial charge in [0.25, 0.3) is 0 Å². The van der Waals surface area contributed by atoms with Crippen molar-refractivity contribution >= 4 is 17.7 Å². The molecule has 1 aliphatic carbocycles. The van der Waals surface area contributed by atoms with Crippen LogP contribution in [0.2, 0.25) is 0 Å². The second-order valence-electron chi connectivity index (χ2n) is 6.47. The third-order valence-corrected chi connectivity index (χ3v) is 5.46. The summed E-state index contributed by atoms with van der Waals surface area (Å²) in [6.45, 7) is 0.630. The molecule has 0 unspecified atom stereocenters. The Morgan fingerprint density at radius 1 is 1.38 bits per heavy atom. The molecule has 0 spiro atoms. The number of aromatic nitrogens is 2. The van der Waals surface area contributed by atoms with E-state index in [1.807, 2.05) is 36.2 Å². The van der Waals surface area contributed by atoms with Crippen LogP contribution in [0.25, 0.3) is 0 Å². The molecule has 6 nitrogen and oxygen atoms in total. The summed E-state index contributed by atoms with van der Waals surface area (Å²) < 4.78 is 7.62. The van der Waals surface area contributed by atoms with Gasteiger partial charge in [-0.3, -0.25) is 9.48 Å². The monoisotopic (exact) mass is 346 g/mol. The number of aryl methyl sites for hydroxylation is 1. The van der Waals surface area contributed by atoms with E-state index in [4.69, 9.17) is 4.42 Å². The van der Waals surface area contributed by atoms with Gasteiger partial charge in [0.05, 0.1) is 18.3 Å². The Hall–Kier alpha value is -1.73. The van der Waals surface area contributed by atoms with Crippen molar-refractivity contribution in [2.75, 3.05) is 6.26 Å². The van der Waals surface area contributed by atoms with Gasteiger partial charge in [-0.05, 0) is 37.3 Å². The Bertz CT molecular complexity index is 737. The van der Waals surface area contributed by atoms with Gasteiger partial charge in [0.15, 0.2) is 5.09 Å². The van der Waals surface area contributed by atoms with Crippen LogP contribution in [0.15, 0.2) is 33.9 Å². The molecule has 128 valence electrons. The summed E-state index contributed by atoms with van der Waals surface area (Å²) >= 11 is 1.59. The second kappa shape index (κ2) is 6.29. The summed E-state index contributed by atoms with van der Waals surface area (Å²) in [4.78, 5) is 14.6. The van der Waals surface area contributed by atoms with Crippen LogP contribution >= 0.6 is 11.8 Å². The molecular formula is C17H22N4O2S. The minimum Gasteiger partial charge on any atom is -0.454 e. The molecular weight excluding hydrogens is 324 g/mol. The standard InChI is InChI=1S/C17H22N4O2S/c1-20-14(7-8-19-20)17-13(9-15(22)21(17)11-3-4-11)18-10-12-5-6-16(23-12)24-2/h5-8,11,13,17-18H,3-4,9-10H2,1-2H3/t13-,17-/m1/s1. The minimum atomic E-state index is 0.0486. The van der Waals surface area contributed by atoms with Gasteiger partial charge in [-0.15, -0.1) is 0 Å². The van der Waals surface area contributed by atoms with Gasteiger partial charge in [0, 0.05) is 31.7 Å². The lowest BCUT2D eigenvalue weighted by Gasteiger charge is -2.28. The smallest absolute Gasteiger partial charge is 0.225 e. The van der Waals surface area contributed by atoms with Crippen molar-refractivity contribution in [1.29, 1.82) is 0 Å². The quantitative estimate of drug-likeness (QED) is 0.814. The van der Waals surface area contributed by atoms with Crippen molar-refractivity contribution in [2.45, 2.75) is 49.0 Å². The maximum atomic E-state index is 12.6. The van der Waals surface area contributed by atoms with E-state index in [1.54, 1.807) is 18.0 Å². The molecule has 1 N–H and O–H groups in total. The maximum Gasteiger partial charge on any atom is 0.225 e. The summed E-state index contributed by atoms with van der Waals surface area (Å²) in [5, 5.41) is 8.75. The molecule has 2 aromatic heterocycles. The molecule has 7 heteroatoms. The van der Waals surface area contributed by atoms with E-state index in [0.717, 1.165) is 29.4 Å². The fourth-order valence-corrected chi connectivity index (χ4v) is 3.93. The van der Waals surface area contributed by atoms with Crippen molar-refractivity contribution in [3.63, 3.8) is 0 Å². The highest BCUT2D eigenvalue weighted by molar-refractivity contribution is 7.98. The van der Waals surface area contributed by atoms with E-state index in [-0.39, 0.29) is 18.0 Å². The number of carbonyl (C=O) groups is 1. The molecule has 24 heavy (non-hydrogen) atoms. The van der Waals surface area contributed by atoms with Crippen LogP contribution in [0.3, 0.4) is 0 Å². The van der Waals surface area contributed by atoms with Crippen molar-refractivity contribution in [2.24, 2.45) is 7.05 Å². The second-order valence-corrected chi connectivity index (χ2v) is 7.28. The van der Waals surface area contributed by atoms with Crippen LogP contribution in [-0.2, 0) is 18.4 Å². The molecule has 2 aromatic rings. The third-order valence-electron chi connectivity index (χ3n) is 4.84. The predicted molar refractivity (Wildman–Crippen MR) is 91.6 cm³/mol. The molecule has 0 aromatic carbocycles. The van der Waals surface area contributed by atoms with E-state index in [1.165, 1.54) is 0 Å². The fourth-order valence-electron chi connectivity index (χ4n) is 3.54. The van der Waals surface area contributed by atoms with Crippen LogP contribution in [0.5, 0.6) is 0 Å². The normalized spacial score (nSPS) is 24.1. The number of hydrogen-bond acceptors (Lipinski definition) is 5. The zero-order valence-electron chi connectivity index (χ0n) is 13.9. The first-order valence-electron chi connectivity index (χ1n) is 8.32.